The van der Waals surface area contributed by atoms with Crippen LogP contribution >= 0.6 is 0 Å². The maximum Gasteiger partial charge on any atom is 0.333 e. The van der Waals surface area contributed by atoms with Crippen LogP contribution in [-0.2, 0) is 23.8 Å². The highest BCUT2D eigenvalue weighted by Crippen LogP contribution is 2.57. The second kappa shape index (κ2) is 7.45. The summed E-state index contributed by atoms with van der Waals surface area (Å²) in [7, 11) is 0. The van der Waals surface area contributed by atoms with E-state index in [-0.39, 0.29) is 5.97 Å². The first-order chi connectivity index (χ1) is 12.7. The Morgan fingerprint density at radius 2 is 1.86 bits per heavy atom. The molecular formula is C22H36O6. The van der Waals surface area contributed by atoms with Crippen LogP contribution in [0, 0.1) is 5.41 Å². The molecule has 1 heterocycles. The summed E-state index contributed by atoms with van der Waals surface area (Å²) in [5, 5.41) is 10.6. The van der Waals surface area contributed by atoms with Crippen molar-refractivity contribution in [2.45, 2.75) is 110 Å². The van der Waals surface area contributed by atoms with Crippen LogP contribution in [-0.4, -0.2) is 46.1 Å². The molecular weight excluding hydrogens is 360 g/mol. The summed E-state index contributed by atoms with van der Waals surface area (Å²) < 4.78 is 17.8. The van der Waals surface area contributed by atoms with Gasteiger partial charge >= 0.3 is 11.9 Å². The number of esters is 2. The number of fused-ring (bicyclic) bond motifs is 2. The molecule has 0 radical (unpaired) electrons. The van der Waals surface area contributed by atoms with Gasteiger partial charge in [-0.1, -0.05) is 20.4 Å². The summed E-state index contributed by atoms with van der Waals surface area (Å²) in [4.78, 5) is 25.1. The highest BCUT2D eigenvalue weighted by atomic mass is 16.6. The topological polar surface area (TPSA) is 82.1 Å². The van der Waals surface area contributed by atoms with Gasteiger partial charge in [-0.3, -0.25) is 4.79 Å². The molecule has 3 unspecified atom stereocenters. The van der Waals surface area contributed by atoms with E-state index in [1.807, 2.05) is 27.7 Å². The third kappa shape index (κ3) is 3.61. The summed E-state index contributed by atoms with van der Waals surface area (Å²) in [6.45, 7) is 16.3. The minimum absolute atomic E-state index is 0.290. The summed E-state index contributed by atoms with van der Waals surface area (Å²) in [5.74, 6) is -0.751. The highest BCUT2D eigenvalue weighted by molar-refractivity contribution is 5.87. The summed E-state index contributed by atoms with van der Waals surface area (Å²) >= 11 is 0. The van der Waals surface area contributed by atoms with Gasteiger partial charge in [-0.05, 0) is 60.3 Å². The fourth-order valence-corrected chi connectivity index (χ4v) is 4.46. The number of hydrogen-bond donors (Lipinski definition) is 1. The molecule has 1 aliphatic carbocycles. The normalized spacial score (nSPS) is 28.1. The van der Waals surface area contributed by atoms with E-state index in [2.05, 4.69) is 6.58 Å². The second-order valence-electron chi connectivity index (χ2n) is 9.37. The van der Waals surface area contributed by atoms with E-state index in [1.54, 1.807) is 20.8 Å². The van der Waals surface area contributed by atoms with Crippen LogP contribution < -0.4 is 0 Å². The number of carbonyl (C=O) groups excluding carboxylic acids is 2. The lowest BCUT2D eigenvalue weighted by atomic mass is 9.61. The number of hydrogen-bond acceptors (Lipinski definition) is 6. The van der Waals surface area contributed by atoms with Crippen molar-refractivity contribution in [2.24, 2.45) is 5.41 Å². The zero-order chi connectivity index (χ0) is 21.5. The Labute approximate surface area is 168 Å². The van der Waals surface area contributed by atoms with Gasteiger partial charge in [0.05, 0.1) is 16.8 Å². The van der Waals surface area contributed by atoms with Crippen LogP contribution in [0.2, 0.25) is 0 Å². The zero-order valence-corrected chi connectivity index (χ0v) is 18.4. The molecule has 1 N–H and O–H groups in total. The lowest BCUT2D eigenvalue weighted by Crippen LogP contribution is -2.61. The van der Waals surface area contributed by atoms with Gasteiger partial charge in [-0.25, -0.2) is 4.79 Å². The van der Waals surface area contributed by atoms with Gasteiger partial charge < -0.3 is 19.3 Å². The Morgan fingerprint density at radius 1 is 1.29 bits per heavy atom. The van der Waals surface area contributed by atoms with E-state index < -0.39 is 40.4 Å². The molecule has 2 bridgehead atoms. The maximum atomic E-state index is 13.1. The minimum Gasteiger partial charge on any atom is -0.458 e. The molecule has 0 aromatic carbocycles. The molecule has 3 atom stereocenters. The van der Waals surface area contributed by atoms with Crippen LogP contribution in [0.15, 0.2) is 12.2 Å². The number of carbonyl (C=O) groups is 2. The SMILES string of the molecule is C=C(C)C(=O)OC1CCC2(C(CC)(CC)OC(C)(C)C(C)(C)O)CC1OC2=O. The largest absolute Gasteiger partial charge is 0.458 e. The molecule has 0 aromatic heterocycles. The maximum absolute atomic E-state index is 13.1. The van der Waals surface area contributed by atoms with Crippen LogP contribution in [0.25, 0.3) is 0 Å². The Hall–Kier alpha value is -1.40. The predicted molar refractivity (Wildman–Crippen MR) is 106 cm³/mol. The van der Waals surface area contributed by atoms with Gasteiger partial charge in [0.15, 0.2) is 0 Å². The summed E-state index contributed by atoms with van der Waals surface area (Å²) in [5.41, 5.74) is -3.21. The van der Waals surface area contributed by atoms with Crippen LogP contribution in [0.5, 0.6) is 0 Å². The Bertz CT molecular complexity index is 640. The number of rotatable bonds is 8. The number of aliphatic hydroxyl groups is 1. The molecule has 6 heteroatoms. The van der Waals surface area contributed by atoms with Crippen LogP contribution in [0.3, 0.4) is 0 Å². The summed E-state index contributed by atoms with van der Waals surface area (Å²) in [6.07, 6.45) is 1.78. The molecule has 0 amide bonds. The molecule has 0 spiro atoms. The highest BCUT2D eigenvalue weighted by Gasteiger charge is 2.66. The smallest absolute Gasteiger partial charge is 0.333 e. The fraction of sp³-hybridized carbons (Fsp3) is 0.818. The van der Waals surface area contributed by atoms with Crippen molar-refractivity contribution < 1.29 is 28.9 Å². The third-order valence-corrected chi connectivity index (χ3v) is 7.01. The van der Waals surface area contributed by atoms with Crippen LogP contribution in [0.1, 0.15) is 80.6 Å². The fourth-order valence-electron chi connectivity index (χ4n) is 4.46. The number of ether oxygens (including phenoxy) is 3. The molecule has 1 aliphatic heterocycles. The molecule has 1 saturated heterocycles. The van der Waals surface area contributed by atoms with Gasteiger partial charge in [0.2, 0.25) is 0 Å². The van der Waals surface area contributed by atoms with E-state index in [0.717, 1.165) is 0 Å². The van der Waals surface area contributed by atoms with Crippen molar-refractivity contribution in [1.82, 2.24) is 0 Å². The zero-order valence-electron chi connectivity index (χ0n) is 18.4. The van der Waals surface area contributed by atoms with Crippen molar-refractivity contribution in [3.8, 4) is 0 Å². The standard InChI is InChI=1S/C22H36O6/c1-9-22(10-2,28-20(7,8)19(5,6)25)21-12-11-15(26-17(23)14(3)4)16(13-21)27-18(21)24/h15-16,25H,3,9-13H2,1-2,4-8H3. The first kappa shape index (κ1) is 22.9. The van der Waals surface area contributed by atoms with Crippen molar-refractivity contribution in [1.29, 1.82) is 0 Å². The predicted octanol–water partition coefficient (Wildman–Crippen LogP) is 3.69. The molecule has 0 aromatic rings. The molecule has 2 fully saturated rings. The van der Waals surface area contributed by atoms with Gasteiger partial charge in [0, 0.05) is 12.0 Å². The lowest BCUT2D eigenvalue weighted by Gasteiger charge is -2.53. The first-order valence-electron chi connectivity index (χ1n) is 10.3. The molecule has 2 aliphatic rings. The van der Waals surface area contributed by atoms with Gasteiger partial charge in [-0.15, -0.1) is 0 Å². The average Bonchev–Trinajstić information content (AvgIpc) is 2.87. The Balaban J connectivity index is 2.35. The Kier molecular flexibility index (Phi) is 6.09. The van der Waals surface area contributed by atoms with Crippen molar-refractivity contribution in [3.05, 3.63) is 12.2 Å². The third-order valence-electron chi connectivity index (χ3n) is 7.01. The van der Waals surface area contributed by atoms with E-state index in [0.29, 0.717) is 37.7 Å². The van der Waals surface area contributed by atoms with Crippen molar-refractivity contribution in [3.63, 3.8) is 0 Å². The second-order valence-corrected chi connectivity index (χ2v) is 9.37. The monoisotopic (exact) mass is 396 g/mol. The van der Waals surface area contributed by atoms with E-state index in [4.69, 9.17) is 14.2 Å². The summed E-state index contributed by atoms with van der Waals surface area (Å²) in [6, 6.07) is 0. The molecule has 28 heavy (non-hydrogen) atoms. The average molecular weight is 397 g/mol. The first-order valence-corrected chi connectivity index (χ1v) is 10.3. The van der Waals surface area contributed by atoms with Gasteiger partial charge in [-0.2, -0.15) is 0 Å². The van der Waals surface area contributed by atoms with E-state index in [1.165, 1.54) is 0 Å². The molecule has 160 valence electrons. The van der Waals surface area contributed by atoms with Gasteiger partial charge in [0.1, 0.15) is 17.6 Å². The van der Waals surface area contributed by atoms with Crippen molar-refractivity contribution >= 4 is 11.9 Å². The molecule has 6 nitrogen and oxygen atoms in total. The van der Waals surface area contributed by atoms with E-state index >= 15 is 0 Å². The lowest BCUT2D eigenvalue weighted by molar-refractivity contribution is -0.254. The molecule has 2 rings (SSSR count). The van der Waals surface area contributed by atoms with E-state index in [9.17, 15) is 14.7 Å². The Morgan fingerprint density at radius 3 is 2.32 bits per heavy atom. The minimum atomic E-state index is -1.09. The molecule has 1 saturated carbocycles. The van der Waals surface area contributed by atoms with Crippen LogP contribution in [0.4, 0.5) is 0 Å². The quantitative estimate of drug-likeness (QED) is 0.498. The van der Waals surface area contributed by atoms with Crippen molar-refractivity contribution in [2.75, 3.05) is 0 Å². The van der Waals surface area contributed by atoms with Gasteiger partial charge in [0.25, 0.3) is 0 Å².